The normalized spacial score (nSPS) is 28.2. The van der Waals surface area contributed by atoms with Crippen LogP contribution in [0.15, 0.2) is 30.3 Å². The summed E-state index contributed by atoms with van der Waals surface area (Å²) in [6.07, 6.45) is 4.52. The van der Waals surface area contributed by atoms with Crippen LogP contribution < -0.4 is 5.73 Å². The molecule has 1 aliphatic carbocycles. The molecular weight excluding hydrogens is 264 g/mol. The standard InChI is InChI=1S/C17H24N2O2/c18-11-15-6-7-17(10-15)8-9-19(13-17)16(20)21-12-14-4-2-1-3-5-14/h1-5,15H,6-13,18H2. The molecule has 1 saturated carbocycles. The number of hydrogen-bond acceptors (Lipinski definition) is 3. The fourth-order valence-electron chi connectivity index (χ4n) is 3.80. The molecule has 2 fully saturated rings. The summed E-state index contributed by atoms with van der Waals surface area (Å²) in [6.45, 7) is 2.80. The Kier molecular flexibility index (Phi) is 4.15. The number of rotatable bonds is 3. The first kappa shape index (κ1) is 14.4. The summed E-state index contributed by atoms with van der Waals surface area (Å²) in [4.78, 5) is 14.1. The molecule has 2 aliphatic rings. The van der Waals surface area contributed by atoms with Crippen molar-refractivity contribution in [2.75, 3.05) is 19.6 Å². The lowest BCUT2D eigenvalue weighted by Crippen LogP contribution is -2.32. The van der Waals surface area contributed by atoms with Gasteiger partial charge in [0.1, 0.15) is 6.61 Å². The van der Waals surface area contributed by atoms with Crippen LogP contribution in [0.4, 0.5) is 4.79 Å². The Morgan fingerprint density at radius 3 is 2.86 bits per heavy atom. The SMILES string of the molecule is NCC1CCC2(CCN(C(=O)OCc3ccccc3)C2)C1. The summed E-state index contributed by atoms with van der Waals surface area (Å²) in [5.74, 6) is 0.644. The van der Waals surface area contributed by atoms with E-state index in [0.717, 1.165) is 31.6 Å². The van der Waals surface area contributed by atoms with Crippen molar-refractivity contribution in [1.82, 2.24) is 4.90 Å². The molecule has 1 saturated heterocycles. The molecule has 2 N–H and O–H groups in total. The Morgan fingerprint density at radius 1 is 1.33 bits per heavy atom. The Labute approximate surface area is 126 Å². The Morgan fingerprint density at radius 2 is 2.14 bits per heavy atom. The van der Waals surface area contributed by atoms with Crippen molar-refractivity contribution in [3.05, 3.63) is 35.9 Å². The first-order chi connectivity index (χ1) is 10.2. The van der Waals surface area contributed by atoms with Gasteiger partial charge in [0, 0.05) is 13.1 Å². The van der Waals surface area contributed by atoms with E-state index in [4.69, 9.17) is 10.5 Å². The maximum atomic E-state index is 12.2. The fraction of sp³-hybridized carbons (Fsp3) is 0.588. The third-order valence-electron chi connectivity index (χ3n) is 5.04. The zero-order chi connectivity index (χ0) is 14.7. The lowest BCUT2D eigenvalue weighted by molar-refractivity contribution is 0.0995. The van der Waals surface area contributed by atoms with Crippen LogP contribution in [0.2, 0.25) is 0 Å². The second-order valence-electron chi connectivity index (χ2n) is 6.56. The molecule has 1 amide bonds. The van der Waals surface area contributed by atoms with Gasteiger partial charge in [-0.1, -0.05) is 30.3 Å². The maximum Gasteiger partial charge on any atom is 0.410 e. The van der Waals surface area contributed by atoms with Crippen LogP contribution in [-0.2, 0) is 11.3 Å². The summed E-state index contributed by atoms with van der Waals surface area (Å²) in [5.41, 5.74) is 7.13. The molecule has 4 heteroatoms. The van der Waals surface area contributed by atoms with Gasteiger partial charge in [0.05, 0.1) is 0 Å². The zero-order valence-corrected chi connectivity index (χ0v) is 12.5. The molecule has 1 spiro atoms. The number of ether oxygens (including phenoxy) is 1. The van der Waals surface area contributed by atoms with Crippen LogP contribution in [0.1, 0.15) is 31.2 Å². The van der Waals surface area contributed by atoms with Crippen molar-refractivity contribution in [2.45, 2.75) is 32.3 Å². The van der Waals surface area contributed by atoms with Crippen LogP contribution in [0.5, 0.6) is 0 Å². The van der Waals surface area contributed by atoms with Crippen LogP contribution in [0.3, 0.4) is 0 Å². The van der Waals surface area contributed by atoms with Crippen molar-refractivity contribution < 1.29 is 9.53 Å². The number of benzene rings is 1. The predicted octanol–water partition coefficient (Wildman–Crippen LogP) is 2.77. The van der Waals surface area contributed by atoms with Gasteiger partial charge in [0.15, 0.2) is 0 Å². The van der Waals surface area contributed by atoms with E-state index in [0.29, 0.717) is 17.9 Å². The fourth-order valence-corrected chi connectivity index (χ4v) is 3.80. The van der Waals surface area contributed by atoms with E-state index >= 15 is 0 Å². The Hall–Kier alpha value is -1.55. The highest BCUT2D eigenvalue weighted by Crippen LogP contribution is 2.47. The highest BCUT2D eigenvalue weighted by molar-refractivity contribution is 5.68. The van der Waals surface area contributed by atoms with Gasteiger partial charge in [0.2, 0.25) is 0 Å². The monoisotopic (exact) mass is 288 g/mol. The van der Waals surface area contributed by atoms with E-state index in [-0.39, 0.29) is 6.09 Å². The Bertz CT molecular complexity index is 491. The summed E-state index contributed by atoms with van der Waals surface area (Å²) in [6, 6.07) is 9.83. The van der Waals surface area contributed by atoms with Gasteiger partial charge in [-0.2, -0.15) is 0 Å². The highest BCUT2D eigenvalue weighted by atomic mass is 16.6. The summed E-state index contributed by atoms with van der Waals surface area (Å²) >= 11 is 0. The van der Waals surface area contributed by atoms with Crippen molar-refractivity contribution in [3.63, 3.8) is 0 Å². The smallest absolute Gasteiger partial charge is 0.410 e. The average Bonchev–Trinajstić information content (AvgIpc) is 3.13. The summed E-state index contributed by atoms with van der Waals surface area (Å²) in [5, 5.41) is 0. The third kappa shape index (κ3) is 3.21. The van der Waals surface area contributed by atoms with Crippen LogP contribution in [0, 0.1) is 11.3 Å². The van der Waals surface area contributed by atoms with E-state index in [1.54, 1.807) is 0 Å². The van der Waals surface area contributed by atoms with Crippen LogP contribution >= 0.6 is 0 Å². The lowest BCUT2D eigenvalue weighted by Gasteiger charge is -2.24. The van der Waals surface area contributed by atoms with Gasteiger partial charge in [0.25, 0.3) is 0 Å². The average molecular weight is 288 g/mol. The number of nitrogens with two attached hydrogens (primary N) is 1. The van der Waals surface area contributed by atoms with Gasteiger partial charge in [-0.05, 0) is 49.1 Å². The van der Waals surface area contributed by atoms with Gasteiger partial charge in [-0.25, -0.2) is 4.79 Å². The summed E-state index contributed by atoms with van der Waals surface area (Å²) < 4.78 is 5.43. The minimum absolute atomic E-state index is 0.174. The highest BCUT2D eigenvalue weighted by Gasteiger charge is 2.45. The van der Waals surface area contributed by atoms with E-state index in [2.05, 4.69) is 0 Å². The topological polar surface area (TPSA) is 55.6 Å². The molecular formula is C17H24N2O2. The van der Waals surface area contributed by atoms with Crippen LogP contribution in [0.25, 0.3) is 0 Å². The molecule has 1 aliphatic heterocycles. The predicted molar refractivity (Wildman–Crippen MR) is 81.6 cm³/mol. The third-order valence-corrected chi connectivity index (χ3v) is 5.04. The molecule has 21 heavy (non-hydrogen) atoms. The Balaban J connectivity index is 1.51. The van der Waals surface area contributed by atoms with E-state index in [1.165, 1.54) is 19.3 Å². The summed E-state index contributed by atoms with van der Waals surface area (Å²) in [7, 11) is 0. The maximum absolute atomic E-state index is 12.2. The minimum Gasteiger partial charge on any atom is -0.445 e. The second kappa shape index (κ2) is 6.06. The molecule has 1 aromatic carbocycles. The molecule has 2 unspecified atom stereocenters. The first-order valence-electron chi connectivity index (χ1n) is 7.86. The van der Waals surface area contributed by atoms with Crippen molar-refractivity contribution >= 4 is 6.09 Å². The van der Waals surface area contributed by atoms with Gasteiger partial charge >= 0.3 is 6.09 Å². The number of carbonyl (C=O) groups is 1. The lowest BCUT2D eigenvalue weighted by atomic mass is 9.84. The molecule has 2 atom stereocenters. The van der Waals surface area contributed by atoms with E-state index in [1.807, 2.05) is 35.2 Å². The quantitative estimate of drug-likeness (QED) is 0.930. The van der Waals surface area contributed by atoms with E-state index in [9.17, 15) is 4.79 Å². The van der Waals surface area contributed by atoms with E-state index < -0.39 is 0 Å². The second-order valence-corrected chi connectivity index (χ2v) is 6.56. The molecule has 4 nitrogen and oxygen atoms in total. The number of amides is 1. The molecule has 0 aromatic heterocycles. The van der Waals surface area contributed by atoms with Crippen molar-refractivity contribution in [1.29, 1.82) is 0 Å². The molecule has 0 radical (unpaired) electrons. The first-order valence-corrected chi connectivity index (χ1v) is 7.86. The number of carbonyl (C=O) groups excluding carboxylic acids is 1. The number of likely N-dealkylation sites (tertiary alicyclic amines) is 1. The zero-order valence-electron chi connectivity index (χ0n) is 12.5. The minimum atomic E-state index is -0.174. The largest absolute Gasteiger partial charge is 0.445 e. The molecule has 0 bridgehead atoms. The molecule has 3 rings (SSSR count). The van der Waals surface area contributed by atoms with Gasteiger partial charge in [-0.15, -0.1) is 0 Å². The number of nitrogens with zero attached hydrogens (tertiary/aromatic N) is 1. The van der Waals surface area contributed by atoms with Crippen molar-refractivity contribution in [2.24, 2.45) is 17.1 Å². The van der Waals surface area contributed by atoms with Crippen molar-refractivity contribution in [3.8, 4) is 0 Å². The molecule has 114 valence electrons. The molecule has 1 heterocycles. The molecule has 1 aromatic rings. The number of hydrogen-bond donors (Lipinski definition) is 1. The van der Waals surface area contributed by atoms with Gasteiger partial charge in [-0.3, -0.25) is 0 Å². The van der Waals surface area contributed by atoms with Crippen LogP contribution in [-0.4, -0.2) is 30.6 Å². The van der Waals surface area contributed by atoms with Gasteiger partial charge < -0.3 is 15.4 Å².